The van der Waals surface area contributed by atoms with Crippen LogP contribution in [0.3, 0.4) is 0 Å². The first-order chi connectivity index (χ1) is 6.97. The molecule has 0 aromatic heterocycles. The number of hydrogen-bond donors (Lipinski definition) is 2. The van der Waals surface area contributed by atoms with E-state index >= 15 is 0 Å². The Hall–Kier alpha value is -0.570. The summed E-state index contributed by atoms with van der Waals surface area (Å²) in [6.07, 6.45) is 2.16. The van der Waals surface area contributed by atoms with Crippen LogP contribution in [0.4, 0.5) is 0 Å². The minimum Gasteiger partial charge on any atom is -0.353 e. The molecule has 3 heteroatoms. The van der Waals surface area contributed by atoms with Crippen molar-refractivity contribution in [3.63, 3.8) is 0 Å². The molecule has 0 rings (SSSR count). The van der Waals surface area contributed by atoms with Gasteiger partial charge in [-0.3, -0.25) is 4.79 Å². The standard InChI is InChI=1S/C12H26N2O/c1-6-7-10(4)14-12(15)8-13-11(5)9(2)3/h9-11,13H,6-8H2,1-5H3,(H,14,15). The van der Waals surface area contributed by atoms with Crippen LogP contribution in [0, 0.1) is 5.92 Å². The SMILES string of the molecule is CCCC(C)NC(=O)CNC(C)C(C)C. The minimum atomic E-state index is 0.100. The van der Waals surface area contributed by atoms with Gasteiger partial charge in [-0.05, 0) is 26.2 Å². The molecule has 0 radical (unpaired) electrons. The van der Waals surface area contributed by atoms with Crippen molar-refractivity contribution in [3.05, 3.63) is 0 Å². The third-order valence-corrected chi connectivity index (χ3v) is 2.71. The van der Waals surface area contributed by atoms with Crippen molar-refractivity contribution in [2.45, 2.75) is 59.5 Å². The molecule has 90 valence electrons. The Kier molecular flexibility index (Phi) is 7.39. The van der Waals surface area contributed by atoms with Crippen LogP contribution in [-0.4, -0.2) is 24.5 Å². The van der Waals surface area contributed by atoms with Gasteiger partial charge in [0.25, 0.3) is 0 Å². The molecule has 2 N–H and O–H groups in total. The highest BCUT2D eigenvalue weighted by molar-refractivity contribution is 5.78. The van der Waals surface area contributed by atoms with Gasteiger partial charge in [-0.1, -0.05) is 27.2 Å². The van der Waals surface area contributed by atoms with E-state index in [-0.39, 0.29) is 5.91 Å². The second-order valence-corrected chi connectivity index (χ2v) is 4.67. The average Bonchev–Trinajstić information content (AvgIpc) is 2.14. The Labute approximate surface area is 94.0 Å². The molecular weight excluding hydrogens is 188 g/mol. The van der Waals surface area contributed by atoms with E-state index in [1.54, 1.807) is 0 Å². The van der Waals surface area contributed by atoms with Gasteiger partial charge in [0.05, 0.1) is 6.54 Å². The smallest absolute Gasteiger partial charge is 0.234 e. The summed E-state index contributed by atoms with van der Waals surface area (Å²) in [6.45, 7) is 11.0. The van der Waals surface area contributed by atoms with Gasteiger partial charge in [-0.25, -0.2) is 0 Å². The molecule has 2 unspecified atom stereocenters. The fourth-order valence-corrected chi connectivity index (χ4v) is 1.32. The second-order valence-electron chi connectivity index (χ2n) is 4.67. The Morgan fingerprint density at radius 2 is 1.80 bits per heavy atom. The molecule has 0 fully saturated rings. The number of carbonyl (C=O) groups excluding carboxylic acids is 1. The summed E-state index contributed by atoms with van der Waals surface area (Å²) in [5, 5.41) is 6.19. The van der Waals surface area contributed by atoms with Crippen molar-refractivity contribution < 1.29 is 4.79 Å². The van der Waals surface area contributed by atoms with E-state index in [2.05, 4.69) is 38.3 Å². The van der Waals surface area contributed by atoms with Gasteiger partial charge >= 0.3 is 0 Å². The van der Waals surface area contributed by atoms with E-state index in [9.17, 15) is 4.79 Å². The van der Waals surface area contributed by atoms with Crippen LogP contribution < -0.4 is 10.6 Å². The highest BCUT2D eigenvalue weighted by Gasteiger charge is 2.10. The lowest BCUT2D eigenvalue weighted by Crippen LogP contribution is -2.42. The van der Waals surface area contributed by atoms with Gasteiger partial charge in [0.1, 0.15) is 0 Å². The quantitative estimate of drug-likeness (QED) is 0.680. The first-order valence-corrected chi connectivity index (χ1v) is 6.00. The largest absolute Gasteiger partial charge is 0.353 e. The molecule has 0 spiro atoms. The number of nitrogens with one attached hydrogen (secondary N) is 2. The second kappa shape index (κ2) is 7.69. The molecule has 0 heterocycles. The molecule has 0 aromatic carbocycles. The van der Waals surface area contributed by atoms with Gasteiger partial charge in [0.2, 0.25) is 5.91 Å². The molecule has 0 aliphatic rings. The van der Waals surface area contributed by atoms with Gasteiger partial charge in [0, 0.05) is 12.1 Å². The van der Waals surface area contributed by atoms with Crippen LogP contribution >= 0.6 is 0 Å². The average molecular weight is 214 g/mol. The zero-order chi connectivity index (χ0) is 11.8. The Bertz CT molecular complexity index is 180. The summed E-state index contributed by atoms with van der Waals surface area (Å²) in [7, 11) is 0. The zero-order valence-electron chi connectivity index (χ0n) is 10.8. The number of carbonyl (C=O) groups is 1. The third-order valence-electron chi connectivity index (χ3n) is 2.71. The van der Waals surface area contributed by atoms with Crippen molar-refractivity contribution >= 4 is 5.91 Å². The maximum atomic E-state index is 11.5. The van der Waals surface area contributed by atoms with Crippen molar-refractivity contribution in [2.24, 2.45) is 5.92 Å². The third kappa shape index (κ3) is 7.37. The van der Waals surface area contributed by atoms with E-state index in [4.69, 9.17) is 0 Å². The van der Waals surface area contributed by atoms with Crippen LogP contribution in [0.2, 0.25) is 0 Å². The molecule has 0 aromatic rings. The van der Waals surface area contributed by atoms with Crippen LogP contribution in [0.5, 0.6) is 0 Å². The Morgan fingerprint density at radius 3 is 2.27 bits per heavy atom. The predicted molar refractivity (Wildman–Crippen MR) is 64.8 cm³/mol. The molecule has 0 saturated heterocycles. The van der Waals surface area contributed by atoms with E-state index in [1.165, 1.54) is 0 Å². The summed E-state index contributed by atoms with van der Waals surface area (Å²) in [5.41, 5.74) is 0. The van der Waals surface area contributed by atoms with Crippen LogP contribution in [0.25, 0.3) is 0 Å². The van der Waals surface area contributed by atoms with E-state index in [0.717, 1.165) is 12.8 Å². The molecule has 1 amide bonds. The fraction of sp³-hybridized carbons (Fsp3) is 0.917. The van der Waals surface area contributed by atoms with Crippen LogP contribution in [-0.2, 0) is 4.79 Å². The highest BCUT2D eigenvalue weighted by atomic mass is 16.1. The molecule has 0 aliphatic carbocycles. The van der Waals surface area contributed by atoms with Gasteiger partial charge < -0.3 is 10.6 Å². The summed E-state index contributed by atoms with van der Waals surface area (Å²) in [6, 6.07) is 0.677. The van der Waals surface area contributed by atoms with Crippen LogP contribution in [0.1, 0.15) is 47.5 Å². The lowest BCUT2D eigenvalue weighted by Gasteiger charge is -2.18. The fourth-order valence-electron chi connectivity index (χ4n) is 1.32. The molecule has 3 nitrogen and oxygen atoms in total. The number of hydrogen-bond acceptors (Lipinski definition) is 2. The lowest BCUT2D eigenvalue weighted by atomic mass is 10.1. The molecule has 0 saturated carbocycles. The van der Waals surface area contributed by atoms with Crippen molar-refractivity contribution in [1.29, 1.82) is 0 Å². The monoisotopic (exact) mass is 214 g/mol. The zero-order valence-corrected chi connectivity index (χ0v) is 10.8. The molecule has 2 atom stereocenters. The van der Waals surface area contributed by atoms with Gasteiger partial charge in [0.15, 0.2) is 0 Å². The van der Waals surface area contributed by atoms with E-state index in [0.29, 0.717) is 24.5 Å². The van der Waals surface area contributed by atoms with Crippen molar-refractivity contribution in [1.82, 2.24) is 10.6 Å². The normalized spacial score (nSPS) is 15.1. The summed E-state index contributed by atoms with van der Waals surface area (Å²) in [4.78, 5) is 11.5. The molecule has 0 aliphatic heterocycles. The highest BCUT2D eigenvalue weighted by Crippen LogP contribution is 1.99. The summed E-state index contributed by atoms with van der Waals surface area (Å²) in [5.74, 6) is 0.661. The summed E-state index contributed by atoms with van der Waals surface area (Å²) < 4.78 is 0. The van der Waals surface area contributed by atoms with E-state index < -0.39 is 0 Å². The lowest BCUT2D eigenvalue weighted by molar-refractivity contribution is -0.121. The Morgan fingerprint density at radius 1 is 1.20 bits per heavy atom. The summed E-state index contributed by atoms with van der Waals surface area (Å²) >= 11 is 0. The van der Waals surface area contributed by atoms with Gasteiger partial charge in [-0.15, -0.1) is 0 Å². The maximum Gasteiger partial charge on any atom is 0.234 e. The number of amides is 1. The van der Waals surface area contributed by atoms with E-state index in [1.807, 2.05) is 6.92 Å². The maximum absolute atomic E-state index is 11.5. The van der Waals surface area contributed by atoms with Gasteiger partial charge in [-0.2, -0.15) is 0 Å². The first-order valence-electron chi connectivity index (χ1n) is 6.00. The Balaban J connectivity index is 3.66. The van der Waals surface area contributed by atoms with Crippen LogP contribution in [0.15, 0.2) is 0 Å². The molecule has 0 bridgehead atoms. The molecule has 15 heavy (non-hydrogen) atoms. The first kappa shape index (κ1) is 14.4. The predicted octanol–water partition coefficient (Wildman–Crippen LogP) is 1.93. The minimum absolute atomic E-state index is 0.100. The molecular formula is C12H26N2O. The topological polar surface area (TPSA) is 41.1 Å². The van der Waals surface area contributed by atoms with Crippen molar-refractivity contribution in [2.75, 3.05) is 6.54 Å². The van der Waals surface area contributed by atoms with Crippen molar-refractivity contribution in [3.8, 4) is 0 Å². The number of rotatable bonds is 7.